The minimum Gasteiger partial charge on any atom is -0.382 e. The Labute approximate surface area is 136 Å². The van der Waals surface area contributed by atoms with Crippen molar-refractivity contribution < 1.29 is 36.2 Å². The minimum atomic E-state index is -4.95. The molecule has 0 aromatic heterocycles. The van der Waals surface area contributed by atoms with Gasteiger partial charge in [-0.2, -0.15) is 26.3 Å². The van der Waals surface area contributed by atoms with Crippen molar-refractivity contribution in [3.63, 3.8) is 0 Å². The summed E-state index contributed by atoms with van der Waals surface area (Å²) in [4.78, 5) is 14.7. The molecule has 1 aliphatic rings. The standard InChI is InChI=1S/C13H12F6N4O2/c14-12(15,16)7-3-6(11-21-5-10(25)22-23-11)1-2-8(7)20-4-9(24)13(17,18)19/h1-3,9,20,24H,4-5H2,(H,21,23)(H,22,25)/t9-/m1/s1. The van der Waals surface area contributed by atoms with Gasteiger partial charge in [-0.15, -0.1) is 0 Å². The highest BCUT2D eigenvalue weighted by Gasteiger charge is 2.39. The average Bonchev–Trinajstić information content (AvgIpc) is 2.51. The molecule has 1 aromatic carbocycles. The molecule has 0 fully saturated rings. The topological polar surface area (TPSA) is 85.8 Å². The quantitative estimate of drug-likeness (QED) is 0.604. The van der Waals surface area contributed by atoms with Crippen LogP contribution < -0.4 is 16.2 Å². The van der Waals surface area contributed by atoms with Crippen molar-refractivity contribution in [2.24, 2.45) is 4.99 Å². The predicted octanol–water partition coefficient (Wildman–Crippen LogP) is 1.42. The highest BCUT2D eigenvalue weighted by atomic mass is 19.4. The summed E-state index contributed by atoms with van der Waals surface area (Å²) in [6.07, 6.45) is -12.6. The second-order valence-corrected chi connectivity index (χ2v) is 5.03. The molecule has 0 spiro atoms. The number of amidine groups is 1. The molecule has 1 atom stereocenters. The number of benzene rings is 1. The van der Waals surface area contributed by atoms with Crippen LogP contribution in [0.1, 0.15) is 11.1 Å². The monoisotopic (exact) mass is 370 g/mol. The lowest BCUT2D eigenvalue weighted by Crippen LogP contribution is -2.47. The zero-order valence-electron chi connectivity index (χ0n) is 12.3. The molecule has 138 valence electrons. The number of rotatable bonds is 4. The van der Waals surface area contributed by atoms with E-state index in [2.05, 4.69) is 15.8 Å². The van der Waals surface area contributed by atoms with Crippen molar-refractivity contribution >= 4 is 17.4 Å². The number of nitrogens with one attached hydrogen (secondary N) is 3. The molecule has 1 aliphatic heterocycles. The third-order valence-electron chi connectivity index (χ3n) is 3.16. The van der Waals surface area contributed by atoms with Gasteiger partial charge in [-0.3, -0.25) is 20.6 Å². The van der Waals surface area contributed by atoms with Crippen molar-refractivity contribution in [1.82, 2.24) is 10.9 Å². The van der Waals surface area contributed by atoms with E-state index in [1.165, 1.54) is 6.07 Å². The Morgan fingerprint density at radius 2 is 1.88 bits per heavy atom. The van der Waals surface area contributed by atoms with E-state index >= 15 is 0 Å². The number of hydrogen-bond acceptors (Lipinski definition) is 5. The van der Waals surface area contributed by atoms with E-state index in [1.54, 1.807) is 0 Å². The van der Waals surface area contributed by atoms with Crippen LogP contribution in [0, 0.1) is 0 Å². The van der Waals surface area contributed by atoms with Crippen LogP contribution in [0.15, 0.2) is 23.2 Å². The van der Waals surface area contributed by atoms with E-state index in [1.807, 2.05) is 5.32 Å². The number of anilines is 1. The van der Waals surface area contributed by atoms with E-state index in [0.29, 0.717) is 6.07 Å². The van der Waals surface area contributed by atoms with E-state index in [-0.39, 0.29) is 17.9 Å². The fourth-order valence-electron chi connectivity index (χ4n) is 1.92. The Hall–Kier alpha value is -2.50. The third-order valence-corrected chi connectivity index (χ3v) is 3.16. The van der Waals surface area contributed by atoms with Crippen LogP contribution in [0.25, 0.3) is 0 Å². The Kier molecular flexibility index (Phi) is 5.11. The Bertz CT molecular complexity index is 686. The number of carbonyl (C=O) groups excluding carboxylic acids is 1. The number of aliphatic hydroxyl groups is 1. The molecule has 0 bridgehead atoms. The number of halogens is 6. The Balaban J connectivity index is 2.27. The van der Waals surface area contributed by atoms with Crippen molar-refractivity contribution in [2.75, 3.05) is 18.4 Å². The molecule has 6 nitrogen and oxygen atoms in total. The SMILES string of the molecule is O=C1CN=C(c2ccc(NC[C@@H](O)C(F)(F)F)c(C(F)(F)F)c2)NN1. The second-order valence-electron chi connectivity index (χ2n) is 5.03. The second kappa shape index (κ2) is 6.78. The van der Waals surface area contributed by atoms with Crippen molar-refractivity contribution in [2.45, 2.75) is 18.5 Å². The van der Waals surface area contributed by atoms with Gasteiger partial charge >= 0.3 is 12.4 Å². The first-order valence-corrected chi connectivity index (χ1v) is 6.78. The maximum absolute atomic E-state index is 13.2. The van der Waals surface area contributed by atoms with E-state index in [9.17, 15) is 31.1 Å². The summed E-state index contributed by atoms with van der Waals surface area (Å²) in [6, 6.07) is 2.77. The van der Waals surface area contributed by atoms with Gasteiger partial charge in [-0.05, 0) is 18.2 Å². The molecule has 1 heterocycles. The smallest absolute Gasteiger partial charge is 0.382 e. The summed E-state index contributed by atoms with van der Waals surface area (Å²) in [5.41, 5.74) is 2.63. The molecule has 1 amide bonds. The van der Waals surface area contributed by atoms with E-state index in [4.69, 9.17) is 5.11 Å². The van der Waals surface area contributed by atoms with Gasteiger partial charge in [0.15, 0.2) is 6.10 Å². The van der Waals surface area contributed by atoms with Gasteiger partial charge in [0.2, 0.25) is 0 Å². The fraction of sp³-hybridized carbons (Fsp3) is 0.385. The lowest BCUT2D eigenvalue weighted by Gasteiger charge is -2.20. The number of hydrogen-bond donors (Lipinski definition) is 4. The molecule has 1 aromatic rings. The number of nitrogens with zero attached hydrogens (tertiary/aromatic N) is 1. The molecule has 2 rings (SSSR count). The molecule has 0 radical (unpaired) electrons. The van der Waals surface area contributed by atoms with Gasteiger partial charge in [0.05, 0.1) is 5.56 Å². The lowest BCUT2D eigenvalue weighted by molar-refractivity contribution is -0.198. The fourth-order valence-corrected chi connectivity index (χ4v) is 1.92. The normalized spacial score (nSPS) is 16.6. The summed E-state index contributed by atoms with van der Waals surface area (Å²) in [7, 11) is 0. The molecule has 25 heavy (non-hydrogen) atoms. The summed E-state index contributed by atoms with van der Waals surface area (Å²) in [6.45, 7) is -1.41. The Morgan fingerprint density at radius 1 is 1.20 bits per heavy atom. The predicted molar refractivity (Wildman–Crippen MR) is 74.7 cm³/mol. The van der Waals surface area contributed by atoms with Gasteiger partial charge in [-0.25, -0.2) is 0 Å². The number of amides is 1. The zero-order chi connectivity index (χ0) is 18.8. The van der Waals surface area contributed by atoms with Crippen LogP contribution in [0.5, 0.6) is 0 Å². The highest BCUT2D eigenvalue weighted by Crippen LogP contribution is 2.36. The molecule has 4 N–H and O–H groups in total. The van der Waals surface area contributed by atoms with Crippen LogP contribution in [-0.4, -0.2) is 42.2 Å². The van der Waals surface area contributed by atoms with Gasteiger partial charge in [0.1, 0.15) is 12.4 Å². The molecular formula is C13H12F6N4O2. The first-order valence-electron chi connectivity index (χ1n) is 6.78. The number of alkyl halides is 6. The maximum atomic E-state index is 13.2. The van der Waals surface area contributed by atoms with Crippen molar-refractivity contribution in [1.29, 1.82) is 0 Å². The largest absolute Gasteiger partial charge is 0.418 e. The lowest BCUT2D eigenvalue weighted by atomic mass is 10.1. The first-order chi connectivity index (χ1) is 11.5. The van der Waals surface area contributed by atoms with E-state index < -0.39 is 42.2 Å². The average molecular weight is 370 g/mol. The van der Waals surface area contributed by atoms with Gasteiger partial charge < -0.3 is 10.4 Å². The molecule has 0 unspecified atom stereocenters. The van der Waals surface area contributed by atoms with Gasteiger partial charge in [-0.1, -0.05) is 0 Å². The van der Waals surface area contributed by atoms with Crippen LogP contribution in [0.3, 0.4) is 0 Å². The van der Waals surface area contributed by atoms with Crippen LogP contribution in [0.2, 0.25) is 0 Å². The number of aliphatic imine (C=N–C) groups is 1. The zero-order valence-corrected chi connectivity index (χ0v) is 12.3. The molecule has 0 saturated carbocycles. The highest BCUT2D eigenvalue weighted by molar-refractivity contribution is 6.03. The number of aliphatic hydroxyl groups excluding tert-OH is 1. The maximum Gasteiger partial charge on any atom is 0.418 e. The summed E-state index contributed by atoms with van der Waals surface area (Å²) < 4.78 is 76.2. The third kappa shape index (κ3) is 4.75. The van der Waals surface area contributed by atoms with Crippen molar-refractivity contribution in [3.05, 3.63) is 29.3 Å². The summed E-state index contributed by atoms with van der Waals surface area (Å²) >= 11 is 0. The summed E-state index contributed by atoms with van der Waals surface area (Å²) in [5.74, 6) is -0.494. The molecule has 0 aliphatic carbocycles. The van der Waals surface area contributed by atoms with Gasteiger partial charge in [0, 0.05) is 17.8 Å². The minimum absolute atomic E-state index is 0.0192. The first kappa shape index (κ1) is 18.8. The van der Waals surface area contributed by atoms with Crippen LogP contribution >= 0.6 is 0 Å². The molecular weight excluding hydrogens is 358 g/mol. The summed E-state index contributed by atoms with van der Waals surface area (Å²) in [5, 5.41) is 10.8. The molecule has 0 saturated heterocycles. The Morgan fingerprint density at radius 3 is 2.40 bits per heavy atom. The molecule has 12 heteroatoms. The van der Waals surface area contributed by atoms with Gasteiger partial charge in [0.25, 0.3) is 5.91 Å². The van der Waals surface area contributed by atoms with Crippen LogP contribution in [0.4, 0.5) is 32.0 Å². The number of carbonyl (C=O) groups is 1. The van der Waals surface area contributed by atoms with Crippen molar-refractivity contribution in [3.8, 4) is 0 Å². The van der Waals surface area contributed by atoms with E-state index in [0.717, 1.165) is 6.07 Å². The van der Waals surface area contributed by atoms with Crippen LogP contribution in [-0.2, 0) is 11.0 Å². The number of hydrazine groups is 1.